The third-order valence-corrected chi connectivity index (χ3v) is 4.24. The fraction of sp³-hybridized carbons (Fsp3) is 0.125. The van der Waals surface area contributed by atoms with E-state index in [9.17, 15) is 23.6 Å². The molecule has 0 atom stereocenters. The van der Waals surface area contributed by atoms with E-state index in [4.69, 9.17) is 5.73 Å². The van der Waals surface area contributed by atoms with Crippen molar-refractivity contribution in [1.82, 2.24) is 9.88 Å². The first-order valence-corrected chi connectivity index (χ1v) is 7.40. The highest BCUT2D eigenvalue weighted by Gasteiger charge is 2.33. The Kier molecular flexibility index (Phi) is 3.01. The summed E-state index contributed by atoms with van der Waals surface area (Å²) in [5.41, 5.74) is 5.75. The lowest BCUT2D eigenvalue weighted by Gasteiger charge is -2.22. The van der Waals surface area contributed by atoms with Crippen LogP contribution in [0.25, 0.3) is 5.69 Å². The first kappa shape index (κ1) is 15.1. The van der Waals surface area contributed by atoms with Gasteiger partial charge < -0.3 is 11.1 Å². The van der Waals surface area contributed by atoms with Gasteiger partial charge in [-0.3, -0.25) is 29.1 Å². The summed E-state index contributed by atoms with van der Waals surface area (Å²) >= 11 is 0. The van der Waals surface area contributed by atoms with Crippen LogP contribution in [0.5, 0.6) is 0 Å². The van der Waals surface area contributed by atoms with Gasteiger partial charge in [0, 0.05) is 18.6 Å². The Bertz CT molecular complexity index is 1060. The molecule has 25 heavy (non-hydrogen) atoms. The lowest BCUT2D eigenvalue weighted by atomic mass is 10.0. The quantitative estimate of drug-likeness (QED) is 0.644. The highest BCUT2D eigenvalue weighted by Crippen LogP contribution is 2.32. The molecule has 8 nitrogen and oxygen atoms in total. The highest BCUT2D eigenvalue weighted by molar-refractivity contribution is 6.23. The predicted molar refractivity (Wildman–Crippen MR) is 85.2 cm³/mol. The van der Waals surface area contributed by atoms with E-state index in [1.807, 2.05) is 0 Å². The molecular weight excluding hydrogens is 331 g/mol. The molecule has 2 aromatic rings. The Balaban J connectivity index is 2.05. The SMILES string of the molecule is Nc1c2c(cc(=O)n1-c1cc(F)cc3c1NC(=O)CC3)C(=O)NC2=O. The van der Waals surface area contributed by atoms with E-state index < -0.39 is 23.2 Å². The van der Waals surface area contributed by atoms with Crippen LogP contribution in [0.15, 0.2) is 23.0 Å². The lowest BCUT2D eigenvalue weighted by molar-refractivity contribution is -0.116. The zero-order chi connectivity index (χ0) is 17.9. The number of benzene rings is 1. The molecule has 9 heteroatoms. The second-order valence-electron chi connectivity index (χ2n) is 5.78. The maximum atomic E-state index is 14.0. The van der Waals surface area contributed by atoms with Gasteiger partial charge in [0.1, 0.15) is 11.6 Å². The largest absolute Gasteiger partial charge is 0.384 e. The molecule has 1 aromatic heterocycles. The van der Waals surface area contributed by atoms with Crippen LogP contribution in [0, 0.1) is 5.82 Å². The number of amides is 3. The van der Waals surface area contributed by atoms with Crippen molar-refractivity contribution in [2.75, 3.05) is 11.1 Å². The van der Waals surface area contributed by atoms with E-state index >= 15 is 0 Å². The monoisotopic (exact) mass is 342 g/mol. The topological polar surface area (TPSA) is 123 Å². The number of carbonyl (C=O) groups excluding carboxylic acids is 3. The number of fused-ring (bicyclic) bond motifs is 2. The van der Waals surface area contributed by atoms with Crippen molar-refractivity contribution in [1.29, 1.82) is 0 Å². The number of nitrogens with one attached hydrogen (secondary N) is 2. The molecule has 0 fully saturated rings. The zero-order valence-electron chi connectivity index (χ0n) is 12.7. The van der Waals surface area contributed by atoms with Crippen LogP contribution in [0.4, 0.5) is 15.9 Å². The van der Waals surface area contributed by atoms with Crippen LogP contribution in [0.3, 0.4) is 0 Å². The summed E-state index contributed by atoms with van der Waals surface area (Å²) in [5.74, 6) is -2.64. The Labute approximate surface area is 139 Å². The van der Waals surface area contributed by atoms with Gasteiger partial charge in [-0.25, -0.2) is 4.39 Å². The summed E-state index contributed by atoms with van der Waals surface area (Å²) in [5, 5.41) is 4.66. The van der Waals surface area contributed by atoms with Crippen LogP contribution < -0.4 is 21.9 Å². The molecule has 0 saturated heterocycles. The highest BCUT2D eigenvalue weighted by atomic mass is 19.1. The number of pyridine rings is 1. The molecule has 3 heterocycles. The number of aromatic nitrogens is 1. The van der Waals surface area contributed by atoms with Gasteiger partial charge in [0.25, 0.3) is 17.4 Å². The maximum Gasteiger partial charge on any atom is 0.262 e. The number of anilines is 2. The number of nitrogen functional groups attached to an aromatic ring is 1. The number of imide groups is 1. The number of rotatable bonds is 1. The average Bonchev–Trinajstić information content (AvgIpc) is 2.82. The van der Waals surface area contributed by atoms with Gasteiger partial charge in [-0.15, -0.1) is 0 Å². The molecule has 126 valence electrons. The van der Waals surface area contributed by atoms with Crippen LogP contribution in [-0.2, 0) is 11.2 Å². The second kappa shape index (κ2) is 5.00. The number of aryl methyl sites for hydroxylation is 1. The molecule has 0 bridgehead atoms. The molecule has 0 aliphatic carbocycles. The molecule has 0 saturated carbocycles. The normalized spacial score (nSPS) is 15.5. The van der Waals surface area contributed by atoms with Crippen molar-refractivity contribution in [2.45, 2.75) is 12.8 Å². The Hall–Kier alpha value is -3.49. The summed E-state index contributed by atoms with van der Waals surface area (Å²) in [4.78, 5) is 47.8. The van der Waals surface area contributed by atoms with E-state index in [0.717, 1.165) is 16.7 Å². The molecule has 3 amide bonds. The van der Waals surface area contributed by atoms with Crippen molar-refractivity contribution in [3.8, 4) is 5.69 Å². The average molecular weight is 342 g/mol. The third-order valence-electron chi connectivity index (χ3n) is 4.24. The minimum absolute atomic E-state index is 0.0144. The molecule has 0 unspecified atom stereocenters. The fourth-order valence-electron chi connectivity index (χ4n) is 3.14. The zero-order valence-corrected chi connectivity index (χ0v) is 12.7. The molecular formula is C16H11FN4O4. The molecule has 1 aromatic carbocycles. The number of hydrogen-bond acceptors (Lipinski definition) is 5. The van der Waals surface area contributed by atoms with Crippen LogP contribution in [0.2, 0.25) is 0 Å². The maximum absolute atomic E-state index is 14.0. The third kappa shape index (κ3) is 2.12. The van der Waals surface area contributed by atoms with Crippen molar-refractivity contribution in [3.05, 3.63) is 51.1 Å². The Morgan fingerprint density at radius 2 is 1.76 bits per heavy atom. The second-order valence-corrected chi connectivity index (χ2v) is 5.78. The summed E-state index contributed by atoms with van der Waals surface area (Å²) in [7, 11) is 0. The smallest absolute Gasteiger partial charge is 0.262 e. The number of nitrogens with two attached hydrogens (primary N) is 1. The minimum atomic E-state index is -0.736. The van der Waals surface area contributed by atoms with Gasteiger partial charge >= 0.3 is 0 Å². The molecule has 4 rings (SSSR count). The Morgan fingerprint density at radius 3 is 2.52 bits per heavy atom. The van der Waals surface area contributed by atoms with Gasteiger partial charge in [0.05, 0.1) is 22.5 Å². The van der Waals surface area contributed by atoms with E-state index in [-0.39, 0.29) is 40.6 Å². The Morgan fingerprint density at radius 1 is 1.00 bits per heavy atom. The summed E-state index contributed by atoms with van der Waals surface area (Å²) in [6.45, 7) is 0. The standard InChI is InChI=1S/C16H11FN4O4/c17-7-3-6-1-2-10(22)19-13(6)9(4-7)21-11(23)5-8-12(14(21)18)16(25)20-15(8)24/h3-5H,1-2,18H2,(H,19,22)(H,20,24,25). The van der Waals surface area contributed by atoms with Crippen LogP contribution in [-0.4, -0.2) is 22.3 Å². The summed E-state index contributed by atoms with van der Waals surface area (Å²) in [6, 6.07) is 3.28. The summed E-state index contributed by atoms with van der Waals surface area (Å²) in [6.07, 6.45) is 0.506. The first-order chi connectivity index (χ1) is 11.9. The fourth-order valence-corrected chi connectivity index (χ4v) is 3.14. The number of hydrogen-bond donors (Lipinski definition) is 3. The lowest BCUT2D eigenvalue weighted by Crippen LogP contribution is -2.27. The molecule has 0 radical (unpaired) electrons. The molecule has 2 aliphatic rings. The van der Waals surface area contributed by atoms with Crippen LogP contribution >= 0.6 is 0 Å². The molecule has 2 aliphatic heterocycles. The van der Waals surface area contributed by atoms with Gasteiger partial charge in [-0.2, -0.15) is 0 Å². The van der Waals surface area contributed by atoms with Gasteiger partial charge in [0.15, 0.2) is 0 Å². The summed E-state index contributed by atoms with van der Waals surface area (Å²) < 4.78 is 14.9. The van der Waals surface area contributed by atoms with E-state index in [1.165, 1.54) is 6.07 Å². The van der Waals surface area contributed by atoms with Crippen molar-refractivity contribution < 1.29 is 18.8 Å². The van der Waals surface area contributed by atoms with E-state index in [2.05, 4.69) is 10.6 Å². The van der Waals surface area contributed by atoms with E-state index in [1.54, 1.807) is 0 Å². The number of halogens is 1. The van der Waals surface area contributed by atoms with Gasteiger partial charge in [0.2, 0.25) is 5.91 Å². The van der Waals surface area contributed by atoms with Crippen LogP contribution in [0.1, 0.15) is 32.7 Å². The molecule has 4 N–H and O–H groups in total. The number of nitrogens with zero attached hydrogens (tertiary/aromatic N) is 1. The minimum Gasteiger partial charge on any atom is -0.384 e. The predicted octanol–water partition coefficient (Wildman–Crippen LogP) is 0.327. The first-order valence-electron chi connectivity index (χ1n) is 7.40. The van der Waals surface area contributed by atoms with Crippen molar-refractivity contribution in [3.63, 3.8) is 0 Å². The number of carbonyl (C=O) groups is 3. The van der Waals surface area contributed by atoms with Gasteiger partial charge in [-0.05, 0) is 18.1 Å². The van der Waals surface area contributed by atoms with Gasteiger partial charge in [-0.1, -0.05) is 0 Å². The van der Waals surface area contributed by atoms with Crippen molar-refractivity contribution in [2.24, 2.45) is 0 Å². The van der Waals surface area contributed by atoms with E-state index in [0.29, 0.717) is 12.0 Å². The molecule has 0 spiro atoms. The van der Waals surface area contributed by atoms with Crippen molar-refractivity contribution >= 4 is 29.2 Å².